The van der Waals surface area contributed by atoms with Crippen molar-refractivity contribution in [1.82, 2.24) is 20.2 Å². The lowest BCUT2D eigenvalue weighted by Crippen LogP contribution is -2.12. The van der Waals surface area contributed by atoms with Crippen LogP contribution >= 0.6 is 11.3 Å². The summed E-state index contributed by atoms with van der Waals surface area (Å²) in [5.74, 6) is 0.773. The number of carbonyl (C=O) groups excluding carboxylic acids is 1. The van der Waals surface area contributed by atoms with Gasteiger partial charge in [0.2, 0.25) is 5.91 Å². The van der Waals surface area contributed by atoms with Crippen molar-refractivity contribution in [1.29, 1.82) is 0 Å². The van der Waals surface area contributed by atoms with E-state index < -0.39 is 0 Å². The van der Waals surface area contributed by atoms with E-state index in [9.17, 15) is 4.79 Å². The number of rotatable bonds is 6. The summed E-state index contributed by atoms with van der Waals surface area (Å²) in [5, 5.41) is 17.0. The van der Waals surface area contributed by atoms with Gasteiger partial charge < -0.3 is 5.32 Å². The molecule has 3 aromatic rings. The molecule has 1 amide bonds. The highest BCUT2D eigenvalue weighted by Gasteiger charge is 2.28. The number of amides is 1. The fourth-order valence-corrected chi connectivity index (χ4v) is 3.31. The molecule has 0 saturated heterocycles. The van der Waals surface area contributed by atoms with Crippen LogP contribution in [0.5, 0.6) is 0 Å². The van der Waals surface area contributed by atoms with E-state index in [2.05, 4.69) is 26.9 Å². The predicted octanol–water partition coefficient (Wildman–Crippen LogP) is 3.31. The highest BCUT2D eigenvalue weighted by molar-refractivity contribution is 7.09. The van der Waals surface area contributed by atoms with Crippen molar-refractivity contribution >= 4 is 22.9 Å². The van der Waals surface area contributed by atoms with E-state index in [1.807, 2.05) is 40.4 Å². The molecule has 2 heterocycles. The average Bonchev–Trinajstić information content (AvgIpc) is 3.11. The summed E-state index contributed by atoms with van der Waals surface area (Å²) in [4.78, 5) is 13.4. The third kappa shape index (κ3) is 3.35. The first-order chi connectivity index (χ1) is 11.8. The van der Waals surface area contributed by atoms with Gasteiger partial charge in [0.15, 0.2) is 5.82 Å². The van der Waals surface area contributed by atoms with Gasteiger partial charge in [-0.1, -0.05) is 18.2 Å². The zero-order valence-corrected chi connectivity index (χ0v) is 13.9. The molecule has 1 aromatic carbocycles. The molecule has 0 atom stereocenters. The SMILES string of the molecule is O=C(CCc1cccs1)Nc1cccc(-c2nnnn2C2CC2)c1. The lowest BCUT2D eigenvalue weighted by molar-refractivity contribution is -0.116. The quantitative estimate of drug-likeness (QED) is 0.748. The minimum Gasteiger partial charge on any atom is -0.326 e. The van der Waals surface area contributed by atoms with Gasteiger partial charge in [0.05, 0.1) is 6.04 Å². The van der Waals surface area contributed by atoms with Crippen LogP contribution in [0.15, 0.2) is 41.8 Å². The molecule has 24 heavy (non-hydrogen) atoms. The van der Waals surface area contributed by atoms with E-state index in [0.717, 1.165) is 36.3 Å². The number of nitrogens with one attached hydrogen (secondary N) is 1. The van der Waals surface area contributed by atoms with Crippen LogP contribution < -0.4 is 5.32 Å². The van der Waals surface area contributed by atoms with E-state index in [-0.39, 0.29) is 5.91 Å². The first-order valence-electron chi connectivity index (χ1n) is 8.00. The molecular weight excluding hydrogens is 322 g/mol. The van der Waals surface area contributed by atoms with Gasteiger partial charge in [-0.2, -0.15) is 0 Å². The van der Waals surface area contributed by atoms with Crippen molar-refractivity contribution in [2.24, 2.45) is 0 Å². The summed E-state index contributed by atoms with van der Waals surface area (Å²) in [6, 6.07) is 12.2. The molecule has 122 valence electrons. The van der Waals surface area contributed by atoms with E-state index in [1.165, 1.54) is 4.88 Å². The number of hydrogen-bond acceptors (Lipinski definition) is 5. The van der Waals surface area contributed by atoms with Crippen molar-refractivity contribution in [3.05, 3.63) is 46.7 Å². The van der Waals surface area contributed by atoms with Crippen LogP contribution in [-0.2, 0) is 11.2 Å². The van der Waals surface area contributed by atoms with Crippen LogP contribution in [0.1, 0.15) is 30.2 Å². The van der Waals surface area contributed by atoms with Gasteiger partial charge in [-0.3, -0.25) is 4.79 Å². The molecule has 0 spiro atoms. The third-order valence-corrected chi connectivity index (χ3v) is 4.90. The molecule has 2 aromatic heterocycles. The van der Waals surface area contributed by atoms with Crippen molar-refractivity contribution < 1.29 is 4.79 Å². The Balaban J connectivity index is 1.44. The molecule has 0 unspecified atom stereocenters. The van der Waals surface area contributed by atoms with Crippen LogP contribution in [0.4, 0.5) is 5.69 Å². The Morgan fingerprint density at radius 2 is 2.21 bits per heavy atom. The van der Waals surface area contributed by atoms with Gasteiger partial charge in [0.25, 0.3) is 0 Å². The molecule has 6 nitrogen and oxygen atoms in total. The number of nitrogens with zero attached hydrogens (tertiary/aromatic N) is 4. The second kappa shape index (κ2) is 6.52. The van der Waals surface area contributed by atoms with Crippen LogP contribution in [0.3, 0.4) is 0 Å². The summed E-state index contributed by atoms with van der Waals surface area (Å²) in [7, 11) is 0. The maximum atomic E-state index is 12.1. The summed E-state index contributed by atoms with van der Waals surface area (Å²) < 4.78 is 1.87. The molecule has 0 aliphatic heterocycles. The normalized spacial score (nSPS) is 13.8. The number of benzene rings is 1. The van der Waals surface area contributed by atoms with Gasteiger partial charge in [-0.05, 0) is 53.3 Å². The summed E-state index contributed by atoms with van der Waals surface area (Å²) in [5.41, 5.74) is 1.69. The highest BCUT2D eigenvalue weighted by Crippen LogP contribution is 2.36. The Kier molecular flexibility index (Phi) is 4.08. The monoisotopic (exact) mass is 339 g/mol. The number of anilines is 1. The highest BCUT2D eigenvalue weighted by atomic mass is 32.1. The van der Waals surface area contributed by atoms with Crippen LogP contribution in [0.2, 0.25) is 0 Å². The van der Waals surface area contributed by atoms with E-state index in [1.54, 1.807) is 11.3 Å². The molecule has 7 heteroatoms. The maximum Gasteiger partial charge on any atom is 0.224 e. The van der Waals surface area contributed by atoms with Crippen LogP contribution in [-0.4, -0.2) is 26.1 Å². The minimum atomic E-state index is 0.0161. The standard InChI is InChI=1S/C17H17N5OS/c23-16(9-8-15-5-2-10-24-15)18-13-4-1-3-12(11-13)17-19-20-21-22(17)14-6-7-14/h1-5,10-11,14H,6-9H2,(H,18,23). The Bertz CT molecular complexity index is 838. The molecule has 1 fully saturated rings. The zero-order chi connectivity index (χ0) is 16.4. The van der Waals surface area contributed by atoms with Gasteiger partial charge in [0.1, 0.15) is 0 Å². The Morgan fingerprint density at radius 1 is 1.29 bits per heavy atom. The van der Waals surface area contributed by atoms with Crippen molar-refractivity contribution in [3.8, 4) is 11.4 Å². The van der Waals surface area contributed by atoms with E-state index in [0.29, 0.717) is 12.5 Å². The molecule has 1 saturated carbocycles. The number of tetrazole rings is 1. The Hall–Kier alpha value is -2.54. The summed E-state index contributed by atoms with van der Waals surface area (Å²) in [6.07, 6.45) is 3.49. The van der Waals surface area contributed by atoms with Gasteiger partial charge in [0, 0.05) is 22.5 Å². The van der Waals surface area contributed by atoms with Gasteiger partial charge >= 0.3 is 0 Å². The predicted molar refractivity (Wildman–Crippen MR) is 92.8 cm³/mol. The number of aryl methyl sites for hydroxylation is 1. The number of hydrogen-bond donors (Lipinski definition) is 1. The van der Waals surface area contributed by atoms with Crippen molar-refractivity contribution in [2.45, 2.75) is 31.7 Å². The lowest BCUT2D eigenvalue weighted by Gasteiger charge is -2.07. The number of thiophene rings is 1. The van der Waals surface area contributed by atoms with Crippen LogP contribution in [0, 0.1) is 0 Å². The lowest BCUT2D eigenvalue weighted by atomic mass is 10.1. The third-order valence-electron chi connectivity index (χ3n) is 3.97. The fourth-order valence-electron chi connectivity index (χ4n) is 2.60. The van der Waals surface area contributed by atoms with E-state index in [4.69, 9.17) is 0 Å². The van der Waals surface area contributed by atoms with Gasteiger partial charge in [-0.25, -0.2) is 4.68 Å². The molecule has 4 rings (SSSR count). The molecule has 1 N–H and O–H groups in total. The minimum absolute atomic E-state index is 0.0161. The first-order valence-corrected chi connectivity index (χ1v) is 8.88. The second-order valence-corrected chi connectivity index (χ2v) is 6.92. The number of carbonyl (C=O) groups is 1. The molecular formula is C17H17N5OS. The summed E-state index contributed by atoms with van der Waals surface area (Å²) in [6.45, 7) is 0. The smallest absolute Gasteiger partial charge is 0.224 e. The Morgan fingerprint density at radius 3 is 3.00 bits per heavy atom. The first kappa shape index (κ1) is 15.0. The molecule has 0 bridgehead atoms. The van der Waals surface area contributed by atoms with E-state index >= 15 is 0 Å². The average molecular weight is 339 g/mol. The van der Waals surface area contributed by atoms with Crippen molar-refractivity contribution in [2.75, 3.05) is 5.32 Å². The maximum absolute atomic E-state index is 12.1. The fraction of sp³-hybridized carbons (Fsp3) is 0.294. The Labute approximate surface area is 143 Å². The van der Waals surface area contributed by atoms with Crippen LogP contribution in [0.25, 0.3) is 11.4 Å². The van der Waals surface area contributed by atoms with Gasteiger partial charge in [-0.15, -0.1) is 16.4 Å². The molecule has 1 aliphatic carbocycles. The topological polar surface area (TPSA) is 72.7 Å². The zero-order valence-electron chi connectivity index (χ0n) is 13.1. The molecule has 0 radical (unpaired) electrons. The number of aromatic nitrogens is 4. The van der Waals surface area contributed by atoms with Crippen molar-refractivity contribution in [3.63, 3.8) is 0 Å². The second-order valence-electron chi connectivity index (χ2n) is 5.89. The molecule has 1 aliphatic rings. The summed E-state index contributed by atoms with van der Waals surface area (Å²) >= 11 is 1.68. The largest absolute Gasteiger partial charge is 0.326 e.